The largest absolute Gasteiger partial charge is 0.381 e. The van der Waals surface area contributed by atoms with Crippen LogP contribution in [0.5, 0.6) is 0 Å². The summed E-state index contributed by atoms with van der Waals surface area (Å²) in [6.07, 6.45) is 2.06. The summed E-state index contributed by atoms with van der Waals surface area (Å²) in [6, 6.07) is 0. The van der Waals surface area contributed by atoms with E-state index < -0.39 is 0 Å². The zero-order chi connectivity index (χ0) is 14.1. The van der Waals surface area contributed by atoms with Crippen LogP contribution in [-0.4, -0.2) is 29.7 Å². The first kappa shape index (κ1) is 13.8. The summed E-state index contributed by atoms with van der Waals surface area (Å²) in [5.41, 5.74) is 1.31. The number of fused-ring (bicyclic) bond motifs is 1. The molecule has 0 unspecified atom stereocenters. The van der Waals surface area contributed by atoms with E-state index in [0.29, 0.717) is 5.92 Å². The Kier molecular flexibility index (Phi) is 3.89. The van der Waals surface area contributed by atoms with Crippen molar-refractivity contribution >= 4 is 27.4 Å². The van der Waals surface area contributed by atoms with Gasteiger partial charge in [0, 0.05) is 30.6 Å². The molecule has 0 aromatic carbocycles. The van der Waals surface area contributed by atoms with E-state index in [1.54, 1.807) is 11.3 Å². The van der Waals surface area contributed by atoms with E-state index in [-0.39, 0.29) is 0 Å². The van der Waals surface area contributed by atoms with E-state index in [9.17, 15) is 0 Å². The topological polar surface area (TPSA) is 47.0 Å². The van der Waals surface area contributed by atoms with E-state index in [1.165, 1.54) is 15.8 Å². The molecular weight excluding hydrogens is 270 g/mol. The van der Waals surface area contributed by atoms with Crippen molar-refractivity contribution in [1.82, 2.24) is 9.97 Å². The number of nitrogens with zero attached hydrogens (tertiary/aromatic N) is 2. The standard InChI is InChI=1S/C15H21N3OS/c1-4-16-14-12-9(2)10(3)20-15(12)18-13(17-14)11-5-7-19-8-6-11/h11H,4-8H2,1-3H3,(H,16,17,18). The number of ether oxygens (including phenoxy) is 1. The Hall–Kier alpha value is -1.20. The first-order chi connectivity index (χ1) is 9.70. The molecule has 0 bridgehead atoms. The fourth-order valence-corrected chi connectivity index (χ4v) is 3.74. The van der Waals surface area contributed by atoms with Crippen LogP contribution in [0, 0.1) is 13.8 Å². The highest BCUT2D eigenvalue weighted by atomic mass is 32.1. The molecule has 2 aromatic heterocycles. The number of aryl methyl sites for hydroxylation is 2. The van der Waals surface area contributed by atoms with Crippen LogP contribution in [0.3, 0.4) is 0 Å². The summed E-state index contributed by atoms with van der Waals surface area (Å²) in [7, 11) is 0. The Morgan fingerprint density at radius 2 is 2.00 bits per heavy atom. The molecule has 0 atom stereocenters. The average Bonchev–Trinajstić information content (AvgIpc) is 2.75. The van der Waals surface area contributed by atoms with Crippen molar-refractivity contribution < 1.29 is 4.74 Å². The second-order valence-corrected chi connectivity index (χ2v) is 6.51. The number of thiophene rings is 1. The molecule has 0 aliphatic carbocycles. The van der Waals surface area contributed by atoms with Gasteiger partial charge >= 0.3 is 0 Å². The zero-order valence-corrected chi connectivity index (χ0v) is 13.1. The van der Waals surface area contributed by atoms with Crippen LogP contribution >= 0.6 is 11.3 Å². The predicted molar refractivity (Wildman–Crippen MR) is 83.8 cm³/mol. The highest BCUT2D eigenvalue weighted by molar-refractivity contribution is 7.18. The van der Waals surface area contributed by atoms with Crippen molar-refractivity contribution in [3.63, 3.8) is 0 Å². The van der Waals surface area contributed by atoms with Crippen molar-refractivity contribution in [2.45, 2.75) is 39.5 Å². The van der Waals surface area contributed by atoms with Crippen molar-refractivity contribution in [1.29, 1.82) is 0 Å². The van der Waals surface area contributed by atoms with Crippen molar-refractivity contribution in [2.75, 3.05) is 25.1 Å². The van der Waals surface area contributed by atoms with E-state index >= 15 is 0 Å². The lowest BCUT2D eigenvalue weighted by Gasteiger charge is -2.21. The van der Waals surface area contributed by atoms with Crippen LogP contribution in [0.15, 0.2) is 0 Å². The van der Waals surface area contributed by atoms with Gasteiger partial charge in [0.1, 0.15) is 16.5 Å². The fraction of sp³-hybridized carbons (Fsp3) is 0.600. The third-order valence-electron chi connectivity index (χ3n) is 3.98. The molecule has 5 heteroatoms. The Labute approximate surface area is 123 Å². The van der Waals surface area contributed by atoms with Gasteiger partial charge < -0.3 is 10.1 Å². The summed E-state index contributed by atoms with van der Waals surface area (Å²) in [4.78, 5) is 12.1. The van der Waals surface area contributed by atoms with Crippen LogP contribution in [0.4, 0.5) is 5.82 Å². The van der Waals surface area contributed by atoms with Crippen molar-refractivity contribution in [3.8, 4) is 0 Å². The Morgan fingerprint density at radius 1 is 1.25 bits per heavy atom. The smallest absolute Gasteiger partial charge is 0.138 e. The summed E-state index contributed by atoms with van der Waals surface area (Å²) in [5, 5.41) is 4.61. The van der Waals surface area contributed by atoms with E-state index in [2.05, 4.69) is 26.1 Å². The van der Waals surface area contributed by atoms with Crippen LogP contribution in [-0.2, 0) is 4.74 Å². The lowest BCUT2D eigenvalue weighted by atomic mass is 9.99. The minimum absolute atomic E-state index is 0.438. The molecule has 1 aliphatic rings. The molecule has 3 heterocycles. The average molecular weight is 291 g/mol. The van der Waals surface area contributed by atoms with E-state index in [4.69, 9.17) is 14.7 Å². The molecule has 0 spiro atoms. The van der Waals surface area contributed by atoms with Gasteiger partial charge in [0.15, 0.2) is 0 Å². The zero-order valence-electron chi connectivity index (χ0n) is 12.3. The van der Waals surface area contributed by atoms with Crippen LogP contribution in [0.25, 0.3) is 10.2 Å². The lowest BCUT2D eigenvalue weighted by Crippen LogP contribution is -2.17. The van der Waals surface area contributed by atoms with Crippen molar-refractivity contribution in [3.05, 3.63) is 16.3 Å². The quantitative estimate of drug-likeness (QED) is 0.938. The van der Waals surface area contributed by atoms with Gasteiger partial charge in [0.25, 0.3) is 0 Å². The number of nitrogens with one attached hydrogen (secondary N) is 1. The van der Waals surface area contributed by atoms with Gasteiger partial charge in [-0.05, 0) is 39.2 Å². The summed E-state index contributed by atoms with van der Waals surface area (Å²) >= 11 is 1.77. The third kappa shape index (κ3) is 2.40. The fourth-order valence-electron chi connectivity index (χ4n) is 2.70. The Balaban J connectivity index is 2.10. The number of aromatic nitrogens is 2. The van der Waals surface area contributed by atoms with Gasteiger partial charge in [-0.15, -0.1) is 11.3 Å². The molecular formula is C15H21N3OS. The van der Waals surface area contributed by atoms with Crippen LogP contribution < -0.4 is 5.32 Å². The molecule has 1 aliphatic heterocycles. The molecule has 0 amide bonds. The molecule has 0 saturated carbocycles. The van der Waals surface area contributed by atoms with Gasteiger partial charge in [0.2, 0.25) is 0 Å². The lowest BCUT2D eigenvalue weighted by molar-refractivity contribution is 0.0837. The minimum atomic E-state index is 0.438. The monoisotopic (exact) mass is 291 g/mol. The van der Waals surface area contributed by atoms with Crippen LogP contribution in [0.1, 0.15) is 41.9 Å². The van der Waals surface area contributed by atoms with E-state index in [0.717, 1.165) is 49.1 Å². The molecule has 2 aromatic rings. The highest BCUT2D eigenvalue weighted by Crippen LogP contribution is 2.35. The van der Waals surface area contributed by atoms with Gasteiger partial charge in [-0.3, -0.25) is 0 Å². The number of hydrogen-bond donors (Lipinski definition) is 1. The maximum atomic E-state index is 5.44. The first-order valence-electron chi connectivity index (χ1n) is 7.30. The number of hydrogen-bond acceptors (Lipinski definition) is 5. The van der Waals surface area contributed by atoms with Gasteiger partial charge in [-0.1, -0.05) is 0 Å². The highest BCUT2D eigenvalue weighted by Gasteiger charge is 2.22. The molecule has 108 valence electrons. The Morgan fingerprint density at radius 3 is 2.70 bits per heavy atom. The summed E-state index contributed by atoms with van der Waals surface area (Å²) in [5.74, 6) is 2.42. The number of anilines is 1. The second kappa shape index (κ2) is 5.66. The van der Waals surface area contributed by atoms with Crippen molar-refractivity contribution in [2.24, 2.45) is 0 Å². The predicted octanol–water partition coefficient (Wildman–Crippen LogP) is 3.63. The third-order valence-corrected chi connectivity index (χ3v) is 5.08. The molecule has 0 radical (unpaired) electrons. The summed E-state index contributed by atoms with van der Waals surface area (Å²) in [6.45, 7) is 8.96. The molecule has 1 saturated heterocycles. The van der Waals surface area contributed by atoms with Crippen LogP contribution in [0.2, 0.25) is 0 Å². The summed E-state index contributed by atoms with van der Waals surface area (Å²) < 4.78 is 5.44. The first-order valence-corrected chi connectivity index (χ1v) is 8.11. The normalized spacial score (nSPS) is 16.8. The molecule has 1 fully saturated rings. The second-order valence-electron chi connectivity index (χ2n) is 5.31. The van der Waals surface area contributed by atoms with E-state index in [1.807, 2.05) is 0 Å². The Bertz CT molecular complexity index is 617. The van der Waals surface area contributed by atoms with Gasteiger partial charge in [0.05, 0.1) is 5.39 Å². The SMILES string of the molecule is CCNc1nc(C2CCOCC2)nc2sc(C)c(C)c12. The number of rotatable bonds is 3. The molecule has 3 rings (SSSR count). The molecule has 20 heavy (non-hydrogen) atoms. The molecule has 1 N–H and O–H groups in total. The van der Waals surface area contributed by atoms with Gasteiger partial charge in [-0.25, -0.2) is 9.97 Å². The van der Waals surface area contributed by atoms with Gasteiger partial charge in [-0.2, -0.15) is 0 Å². The maximum Gasteiger partial charge on any atom is 0.138 e. The molecule has 4 nitrogen and oxygen atoms in total. The maximum absolute atomic E-state index is 5.44. The minimum Gasteiger partial charge on any atom is -0.381 e.